The number of phosphoric ester groups is 1. The number of hydrogen-bond donors (Lipinski definition) is 3. The summed E-state index contributed by atoms with van der Waals surface area (Å²) in [5.41, 5.74) is 1.14. The highest BCUT2D eigenvalue weighted by atomic mass is 31.3. The van der Waals surface area contributed by atoms with E-state index in [2.05, 4.69) is 38.1 Å². The van der Waals surface area contributed by atoms with E-state index in [0.717, 1.165) is 24.8 Å². The molecule has 3 N–H and O–H groups in total. The lowest BCUT2D eigenvalue weighted by Gasteiger charge is -2.33. The van der Waals surface area contributed by atoms with Crippen LogP contribution < -0.4 is 0 Å². The van der Waals surface area contributed by atoms with E-state index in [1.165, 1.54) is 5.57 Å². The monoisotopic (exact) mass is 426 g/mol. The van der Waals surface area contributed by atoms with Gasteiger partial charge in [-0.05, 0) is 51.9 Å². The van der Waals surface area contributed by atoms with Crippen LogP contribution in [0.25, 0.3) is 0 Å². The summed E-state index contributed by atoms with van der Waals surface area (Å²) in [7, 11) is -10.1. The first-order chi connectivity index (χ1) is 12.1. The third-order valence-corrected chi connectivity index (χ3v) is 7.05. The summed E-state index contributed by atoms with van der Waals surface area (Å²) < 4.78 is 32.2. The molecule has 0 aromatic heterocycles. The van der Waals surface area contributed by atoms with E-state index >= 15 is 0 Å². The molecular formula is C18H36O7P2. The average molecular weight is 426 g/mol. The summed E-state index contributed by atoms with van der Waals surface area (Å²) in [4.78, 5) is 27.4. The van der Waals surface area contributed by atoms with Crippen molar-refractivity contribution in [2.24, 2.45) is 5.41 Å². The minimum absolute atomic E-state index is 0.0381. The first kappa shape index (κ1) is 26.7. The second-order valence-electron chi connectivity index (χ2n) is 7.72. The fourth-order valence-electron chi connectivity index (χ4n) is 2.96. The van der Waals surface area contributed by atoms with Gasteiger partial charge < -0.3 is 14.7 Å². The average Bonchev–Trinajstić information content (AvgIpc) is 2.49. The van der Waals surface area contributed by atoms with Crippen LogP contribution in [-0.4, -0.2) is 20.3 Å². The smallest absolute Gasteiger partial charge is 0.302 e. The Morgan fingerprint density at radius 3 is 1.89 bits per heavy atom. The van der Waals surface area contributed by atoms with E-state index in [0.29, 0.717) is 12.8 Å². The third kappa shape index (κ3) is 10.7. The highest BCUT2D eigenvalue weighted by molar-refractivity contribution is 7.60. The summed E-state index contributed by atoms with van der Waals surface area (Å²) in [6.07, 6.45) is 7.36. The molecule has 0 saturated heterocycles. The molecule has 160 valence electrons. The molecule has 27 heavy (non-hydrogen) atoms. The van der Waals surface area contributed by atoms with Gasteiger partial charge in [0.15, 0.2) is 0 Å². The van der Waals surface area contributed by atoms with Crippen LogP contribution in [0.5, 0.6) is 0 Å². The zero-order valence-corrected chi connectivity index (χ0v) is 19.3. The summed E-state index contributed by atoms with van der Waals surface area (Å²) in [5.74, 6) is 0. The molecule has 2 atom stereocenters. The van der Waals surface area contributed by atoms with Crippen LogP contribution in [0.15, 0.2) is 23.3 Å². The molecule has 0 heterocycles. The van der Waals surface area contributed by atoms with Crippen molar-refractivity contribution in [2.45, 2.75) is 86.2 Å². The van der Waals surface area contributed by atoms with Gasteiger partial charge in [-0.1, -0.05) is 57.4 Å². The molecule has 2 unspecified atom stereocenters. The van der Waals surface area contributed by atoms with E-state index in [4.69, 9.17) is 14.3 Å². The van der Waals surface area contributed by atoms with Crippen LogP contribution in [0.4, 0.5) is 0 Å². The Morgan fingerprint density at radius 1 is 1.00 bits per heavy atom. The maximum atomic E-state index is 12.0. The van der Waals surface area contributed by atoms with Gasteiger partial charge in [0.1, 0.15) is 0 Å². The molecule has 7 nitrogen and oxygen atoms in total. The van der Waals surface area contributed by atoms with Crippen LogP contribution in [0, 0.1) is 5.41 Å². The predicted octanol–water partition coefficient (Wildman–Crippen LogP) is 5.88. The predicted molar refractivity (Wildman–Crippen MR) is 108 cm³/mol. The lowest BCUT2D eigenvalue weighted by Crippen LogP contribution is -2.28. The minimum atomic E-state index is -5.15. The zero-order chi connectivity index (χ0) is 21.5. The van der Waals surface area contributed by atoms with Crippen LogP contribution in [-0.2, 0) is 18.0 Å². The van der Waals surface area contributed by atoms with Crippen molar-refractivity contribution in [3.8, 4) is 0 Å². The normalized spacial score (nSPS) is 17.9. The maximum Gasteiger partial charge on any atom is 0.481 e. The SMILES string of the molecule is CCC(C)(CC=C(C)C)C/C(C)=C/C(CC)(CC)OP(=O)(O)OP(=O)(O)O. The van der Waals surface area contributed by atoms with Gasteiger partial charge in [0, 0.05) is 0 Å². The molecule has 0 rings (SSSR count). The Labute approximate surface area is 163 Å². The molecular weight excluding hydrogens is 390 g/mol. The molecule has 0 bridgehead atoms. The van der Waals surface area contributed by atoms with Gasteiger partial charge in [-0.2, -0.15) is 4.31 Å². The number of hydrogen-bond acceptors (Lipinski definition) is 4. The Hall–Kier alpha value is -0.260. The van der Waals surface area contributed by atoms with Crippen molar-refractivity contribution in [2.75, 3.05) is 0 Å². The molecule has 0 spiro atoms. The van der Waals surface area contributed by atoms with Gasteiger partial charge in [0.05, 0.1) is 5.60 Å². The topological polar surface area (TPSA) is 113 Å². The van der Waals surface area contributed by atoms with Crippen molar-refractivity contribution in [1.29, 1.82) is 0 Å². The van der Waals surface area contributed by atoms with Crippen molar-refractivity contribution in [3.05, 3.63) is 23.3 Å². The van der Waals surface area contributed by atoms with E-state index in [1.807, 2.05) is 6.92 Å². The largest absolute Gasteiger partial charge is 0.481 e. The van der Waals surface area contributed by atoms with Crippen molar-refractivity contribution < 1.29 is 32.6 Å². The Kier molecular flexibility index (Phi) is 10.4. The first-order valence-electron chi connectivity index (χ1n) is 9.23. The van der Waals surface area contributed by atoms with Gasteiger partial charge in [-0.3, -0.25) is 4.52 Å². The summed E-state index contributed by atoms with van der Waals surface area (Å²) in [6, 6.07) is 0. The molecule has 0 aliphatic rings. The molecule has 0 saturated carbocycles. The molecule has 0 aromatic carbocycles. The van der Waals surface area contributed by atoms with Crippen LogP contribution >= 0.6 is 15.6 Å². The van der Waals surface area contributed by atoms with Gasteiger partial charge in [-0.15, -0.1) is 0 Å². The minimum Gasteiger partial charge on any atom is -0.302 e. The van der Waals surface area contributed by atoms with Crippen molar-refractivity contribution in [1.82, 2.24) is 0 Å². The first-order valence-corrected chi connectivity index (χ1v) is 12.3. The van der Waals surface area contributed by atoms with Gasteiger partial charge in [0.2, 0.25) is 0 Å². The van der Waals surface area contributed by atoms with Gasteiger partial charge >= 0.3 is 15.6 Å². The number of rotatable bonds is 12. The van der Waals surface area contributed by atoms with E-state index in [1.54, 1.807) is 19.9 Å². The number of phosphoric acid groups is 2. The summed E-state index contributed by atoms with van der Waals surface area (Å²) in [6.45, 7) is 14.0. The van der Waals surface area contributed by atoms with Crippen molar-refractivity contribution in [3.63, 3.8) is 0 Å². The molecule has 0 radical (unpaired) electrons. The molecule has 0 aliphatic heterocycles. The zero-order valence-electron chi connectivity index (χ0n) is 17.6. The second-order valence-corrected chi connectivity index (χ2v) is 10.5. The highest BCUT2D eigenvalue weighted by Gasteiger charge is 2.40. The Morgan fingerprint density at radius 2 is 1.52 bits per heavy atom. The number of allylic oxidation sites excluding steroid dienone is 3. The molecule has 0 aliphatic carbocycles. The standard InChI is InChI=1S/C18H36O7P2/c1-8-17(7,12-11-15(4)5)13-16(6)14-18(9-2,10-3)24-27(22,23)25-26(19,20)21/h11,14H,8-10,12-13H2,1-7H3,(H,22,23)(H2,19,20,21)/b16-14+. The van der Waals surface area contributed by atoms with Crippen molar-refractivity contribution >= 4 is 15.6 Å². The lowest BCUT2D eigenvalue weighted by atomic mass is 9.77. The summed E-state index contributed by atoms with van der Waals surface area (Å²) >= 11 is 0. The maximum absolute atomic E-state index is 12.0. The molecule has 0 fully saturated rings. The van der Waals surface area contributed by atoms with Crippen LogP contribution in [0.3, 0.4) is 0 Å². The fourth-order valence-corrected chi connectivity index (χ4v) is 4.93. The lowest BCUT2D eigenvalue weighted by molar-refractivity contribution is 0.0646. The Balaban J connectivity index is 5.59. The van der Waals surface area contributed by atoms with Crippen LogP contribution in [0.1, 0.15) is 80.6 Å². The second kappa shape index (κ2) is 10.5. The van der Waals surface area contributed by atoms with Crippen LogP contribution in [0.2, 0.25) is 0 Å². The van der Waals surface area contributed by atoms with Gasteiger partial charge in [0.25, 0.3) is 0 Å². The fraction of sp³-hybridized carbons (Fsp3) is 0.778. The highest BCUT2D eigenvalue weighted by Crippen LogP contribution is 2.60. The van der Waals surface area contributed by atoms with E-state index < -0.39 is 21.2 Å². The van der Waals surface area contributed by atoms with Gasteiger partial charge in [-0.25, -0.2) is 9.13 Å². The van der Waals surface area contributed by atoms with E-state index in [9.17, 15) is 14.0 Å². The quantitative estimate of drug-likeness (QED) is 0.264. The van der Waals surface area contributed by atoms with E-state index in [-0.39, 0.29) is 5.41 Å². The molecule has 0 amide bonds. The summed E-state index contributed by atoms with van der Waals surface area (Å²) in [5, 5.41) is 0. The third-order valence-electron chi connectivity index (χ3n) is 4.78. The molecule has 0 aromatic rings. The Bertz CT molecular complexity index is 628. The molecule has 9 heteroatoms.